The quantitative estimate of drug-likeness (QED) is 0.409. The Hall–Kier alpha value is -1.92. The van der Waals surface area contributed by atoms with E-state index in [2.05, 4.69) is 5.73 Å². The molecule has 7 heteroatoms. The number of primary amides is 1. The van der Waals surface area contributed by atoms with Gasteiger partial charge in [-0.25, -0.2) is 4.79 Å². The van der Waals surface area contributed by atoms with Crippen LogP contribution in [0.3, 0.4) is 0 Å². The number of rotatable bonds is 0. The van der Waals surface area contributed by atoms with Crippen LogP contribution in [0.5, 0.6) is 0 Å². The molecule has 0 aliphatic carbocycles. The Kier molecular flexibility index (Phi) is 4.06. The van der Waals surface area contributed by atoms with Crippen LogP contribution in [0.15, 0.2) is 15.8 Å². The number of nitrogens with two attached hydrogens (primary N) is 1. The van der Waals surface area contributed by atoms with Crippen LogP contribution in [-0.2, 0) is 4.79 Å². The number of hydrogen-bond donors (Lipinski definition) is 3. The van der Waals surface area contributed by atoms with Crippen LogP contribution in [0.1, 0.15) is 0 Å². The standard InChI is InChI=1S/C4H3FN2O2.CH3NO/c5-2-1-6-4(9)7-3(2)8;2-1-3/h1H,(H2,6,7,8,9);1H,(H2,2,3). The van der Waals surface area contributed by atoms with E-state index in [1.807, 2.05) is 4.98 Å². The third-order valence-electron chi connectivity index (χ3n) is 0.774. The van der Waals surface area contributed by atoms with Crippen molar-refractivity contribution >= 4 is 6.41 Å². The molecule has 66 valence electrons. The molecule has 1 aromatic rings. The molecule has 0 fully saturated rings. The topological polar surface area (TPSA) is 109 Å². The molecule has 0 bridgehead atoms. The summed E-state index contributed by atoms with van der Waals surface area (Å²) in [5.74, 6) is -0.991. The van der Waals surface area contributed by atoms with Crippen molar-refractivity contribution in [1.82, 2.24) is 9.97 Å². The maximum Gasteiger partial charge on any atom is 0.325 e. The third-order valence-corrected chi connectivity index (χ3v) is 0.774. The predicted octanol–water partition coefficient (Wildman–Crippen LogP) is -1.70. The molecule has 0 unspecified atom stereocenters. The number of hydrogen-bond acceptors (Lipinski definition) is 3. The van der Waals surface area contributed by atoms with Gasteiger partial charge in [0.15, 0.2) is 0 Å². The number of amides is 1. The maximum atomic E-state index is 12.0. The molecule has 0 aromatic carbocycles. The minimum absolute atomic E-state index is 0.250. The zero-order chi connectivity index (χ0) is 9.56. The van der Waals surface area contributed by atoms with Gasteiger partial charge in [0.1, 0.15) is 0 Å². The van der Waals surface area contributed by atoms with E-state index >= 15 is 0 Å². The van der Waals surface area contributed by atoms with Gasteiger partial charge in [-0.15, -0.1) is 0 Å². The van der Waals surface area contributed by atoms with Gasteiger partial charge < -0.3 is 10.7 Å². The van der Waals surface area contributed by atoms with Crippen LogP contribution >= 0.6 is 0 Å². The van der Waals surface area contributed by atoms with Crippen molar-refractivity contribution in [2.45, 2.75) is 0 Å². The third kappa shape index (κ3) is 3.30. The minimum Gasteiger partial charge on any atom is -0.372 e. The van der Waals surface area contributed by atoms with Crippen molar-refractivity contribution in [1.29, 1.82) is 0 Å². The monoisotopic (exact) mass is 175 g/mol. The lowest BCUT2D eigenvalue weighted by atomic mass is 10.6. The van der Waals surface area contributed by atoms with Crippen molar-refractivity contribution in [2.75, 3.05) is 0 Å². The highest BCUT2D eigenvalue weighted by atomic mass is 19.1. The van der Waals surface area contributed by atoms with Crippen LogP contribution in [-0.4, -0.2) is 16.4 Å². The average molecular weight is 175 g/mol. The Labute approximate surface area is 65.2 Å². The first-order valence-electron chi connectivity index (χ1n) is 2.74. The lowest BCUT2D eigenvalue weighted by molar-refractivity contribution is -0.106. The molecule has 0 spiro atoms. The second-order valence-electron chi connectivity index (χ2n) is 1.56. The van der Waals surface area contributed by atoms with Crippen molar-refractivity contribution in [3.63, 3.8) is 0 Å². The summed E-state index contributed by atoms with van der Waals surface area (Å²) >= 11 is 0. The van der Waals surface area contributed by atoms with Crippen LogP contribution in [0.25, 0.3) is 0 Å². The van der Waals surface area contributed by atoms with Gasteiger partial charge in [0.25, 0.3) is 5.56 Å². The Morgan fingerprint density at radius 1 is 1.50 bits per heavy atom. The zero-order valence-electron chi connectivity index (χ0n) is 5.83. The average Bonchev–Trinajstić information content (AvgIpc) is 1.99. The number of H-pyrrole nitrogens is 2. The van der Waals surface area contributed by atoms with E-state index in [4.69, 9.17) is 4.79 Å². The smallest absolute Gasteiger partial charge is 0.325 e. The molecule has 12 heavy (non-hydrogen) atoms. The van der Waals surface area contributed by atoms with E-state index < -0.39 is 17.1 Å². The number of aromatic nitrogens is 2. The molecule has 0 atom stereocenters. The van der Waals surface area contributed by atoms with E-state index in [0.717, 1.165) is 0 Å². The van der Waals surface area contributed by atoms with Gasteiger partial charge in [0.05, 0.1) is 0 Å². The minimum atomic E-state index is -1.00. The SMILES string of the molecule is NC=O.O=c1[nH]cc(F)c(=O)[nH]1. The molecule has 0 aliphatic heterocycles. The van der Waals surface area contributed by atoms with Crippen LogP contribution in [0.2, 0.25) is 0 Å². The summed E-state index contributed by atoms with van der Waals surface area (Å²) in [7, 11) is 0. The lowest BCUT2D eigenvalue weighted by Gasteiger charge is -1.81. The molecule has 1 amide bonds. The number of nitrogens with one attached hydrogen (secondary N) is 2. The first-order valence-corrected chi connectivity index (χ1v) is 2.74. The molecule has 6 nitrogen and oxygen atoms in total. The molecule has 1 rings (SSSR count). The van der Waals surface area contributed by atoms with Gasteiger partial charge in [-0.2, -0.15) is 4.39 Å². The molecule has 4 N–H and O–H groups in total. The van der Waals surface area contributed by atoms with Gasteiger partial charge in [0, 0.05) is 6.20 Å². The largest absolute Gasteiger partial charge is 0.372 e. The summed E-state index contributed by atoms with van der Waals surface area (Å²) in [5, 5.41) is 0. The van der Waals surface area contributed by atoms with E-state index in [1.165, 1.54) is 0 Å². The van der Waals surface area contributed by atoms with Crippen molar-refractivity contribution < 1.29 is 9.18 Å². The summed E-state index contributed by atoms with van der Waals surface area (Å²) < 4.78 is 12.0. The Bertz CT molecular complexity index is 355. The van der Waals surface area contributed by atoms with Gasteiger partial charge in [-0.1, -0.05) is 0 Å². The Morgan fingerprint density at radius 2 is 2.00 bits per heavy atom. The summed E-state index contributed by atoms with van der Waals surface area (Å²) in [6, 6.07) is 0. The number of aromatic amines is 2. The first-order chi connectivity index (χ1) is 5.61. The summed E-state index contributed by atoms with van der Waals surface area (Å²) in [4.78, 5) is 32.6. The van der Waals surface area contributed by atoms with Crippen molar-refractivity contribution in [3.05, 3.63) is 32.9 Å². The molecule has 0 saturated carbocycles. The van der Waals surface area contributed by atoms with E-state index in [-0.39, 0.29) is 6.41 Å². The highest BCUT2D eigenvalue weighted by molar-refractivity contribution is 5.42. The molecular formula is C5H6FN3O3. The first kappa shape index (κ1) is 10.1. The molecule has 1 aromatic heterocycles. The van der Waals surface area contributed by atoms with Crippen LogP contribution in [0, 0.1) is 5.82 Å². The fourth-order valence-corrected chi connectivity index (χ4v) is 0.393. The van der Waals surface area contributed by atoms with Gasteiger partial charge in [-0.05, 0) is 0 Å². The normalized spacial score (nSPS) is 8.08. The van der Waals surface area contributed by atoms with Crippen molar-refractivity contribution in [2.24, 2.45) is 5.73 Å². The summed E-state index contributed by atoms with van der Waals surface area (Å²) in [5.41, 5.74) is 2.46. The van der Waals surface area contributed by atoms with Crippen LogP contribution < -0.4 is 17.0 Å². The molecule has 0 radical (unpaired) electrons. The second kappa shape index (κ2) is 4.83. The fourth-order valence-electron chi connectivity index (χ4n) is 0.393. The molecule has 0 saturated heterocycles. The maximum absolute atomic E-state index is 12.0. The number of carbonyl (C=O) groups excluding carboxylic acids is 1. The zero-order valence-corrected chi connectivity index (χ0v) is 5.83. The number of carbonyl (C=O) groups is 1. The Balaban J connectivity index is 0.000000354. The highest BCUT2D eigenvalue weighted by Gasteiger charge is 1.93. The van der Waals surface area contributed by atoms with Crippen LogP contribution in [0.4, 0.5) is 4.39 Å². The van der Waals surface area contributed by atoms with Gasteiger partial charge in [-0.3, -0.25) is 14.6 Å². The van der Waals surface area contributed by atoms with Gasteiger partial charge >= 0.3 is 5.69 Å². The van der Waals surface area contributed by atoms with E-state index in [9.17, 15) is 14.0 Å². The number of halogens is 1. The molecular weight excluding hydrogens is 169 g/mol. The Morgan fingerprint density at radius 3 is 2.33 bits per heavy atom. The predicted molar refractivity (Wildman–Crippen MR) is 37.9 cm³/mol. The highest BCUT2D eigenvalue weighted by Crippen LogP contribution is 1.74. The second-order valence-corrected chi connectivity index (χ2v) is 1.56. The van der Waals surface area contributed by atoms with E-state index in [0.29, 0.717) is 6.20 Å². The summed E-state index contributed by atoms with van der Waals surface area (Å²) in [6.07, 6.45) is 0.959. The van der Waals surface area contributed by atoms with Crippen molar-refractivity contribution in [3.8, 4) is 0 Å². The van der Waals surface area contributed by atoms with E-state index in [1.54, 1.807) is 4.98 Å². The molecule has 1 heterocycles. The summed E-state index contributed by atoms with van der Waals surface area (Å²) in [6.45, 7) is 0. The molecule has 0 aliphatic rings. The lowest BCUT2D eigenvalue weighted by Crippen LogP contribution is -2.23. The fraction of sp³-hybridized carbons (Fsp3) is 0. The van der Waals surface area contributed by atoms with Gasteiger partial charge in [0.2, 0.25) is 12.2 Å².